The van der Waals surface area contributed by atoms with Gasteiger partial charge in [-0.25, -0.2) is 4.98 Å². The number of carbonyl (C=O) groups is 1. The standard InChI is InChI=1S/C25H31N5O/c1-5-20(29(3)16-22-17(2)28-23-9-7-6-8-21(22)23)11-10-18-12-19-15-30(4)24(31)14-27-25(19)26-13-18/h5-13,17,22,28H,14-16H2,1-4H3,(H,26,27)/b11-10+,20-5+. The number of amides is 1. The molecule has 0 aliphatic carbocycles. The molecule has 162 valence electrons. The first-order chi connectivity index (χ1) is 15.0. The molecule has 2 aliphatic heterocycles. The lowest BCUT2D eigenvalue weighted by Crippen LogP contribution is -2.29. The van der Waals surface area contributed by atoms with Gasteiger partial charge in [0.15, 0.2) is 0 Å². The second-order valence-electron chi connectivity index (χ2n) is 8.43. The highest BCUT2D eigenvalue weighted by Gasteiger charge is 2.29. The molecule has 2 atom stereocenters. The third kappa shape index (κ3) is 4.43. The topological polar surface area (TPSA) is 60.5 Å². The lowest BCUT2D eigenvalue weighted by atomic mass is 9.95. The Labute approximate surface area is 184 Å². The molecule has 6 nitrogen and oxygen atoms in total. The van der Waals surface area contributed by atoms with Crippen LogP contribution in [-0.4, -0.2) is 53.9 Å². The molecular weight excluding hydrogens is 386 g/mol. The normalized spacial score (nSPS) is 20.7. The van der Waals surface area contributed by atoms with Crippen LogP contribution in [0.3, 0.4) is 0 Å². The van der Waals surface area contributed by atoms with Gasteiger partial charge in [0.1, 0.15) is 5.82 Å². The van der Waals surface area contributed by atoms with Crippen LogP contribution in [-0.2, 0) is 11.3 Å². The summed E-state index contributed by atoms with van der Waals surface area (Å²) in [6.07, 6.45) is 8.22. The number of pyridine rings is 1. The summed E-state index contributed by atoms with van der Waals surface area (Å²) in [5.74, 6) is 1.31. The Balaban J connectivity index is 1.47. The van der Waals surface area contributed by atoms with Crippen molar-refractivity contribution in [1.29, 1.82) is 0 Å². The first kappa shape index (κ1) is 21.0. The maximum atomic E-state index is 11.9. The summed E-state index contributed by atoms with van der Waals surface area (Å²) in [5.41, 5.74) is 5.86. The molecule has 0 saturated heterocycles. The van der Waals surface area contributed by atoms with E-state index in [0.29, 0.717) is 18.5 Å². The number of fused-ring (bicyclic) bond motifs is 2. The molecule has 0 spiro atoms. The molecular formula is C25H31N5O. The Bertz CT molecular complexity index is 1030. The van der Waals surface area contributed by atoms with Crippen LogP contribution in [0.2, 0.25) is 0 Å². The first-order valence-corrected chi connectivity index (χ1v) is 10.8. The summed E-state index contributed by atoms with van der Waals surface area (Å²) in [5, 5.41) is 6.73. The minimum atomic E-state index is 0.0742. The number of hydrogen-bond donors (Lipinski definition) is 2. The zero-order valence-electron chi connectivity index (χ0n) is 18.7. The van der Waals surface area contributed by atoms with Crippen molar-refractivity contribution in [3.05, 3.63) is 71.1 Å². The quantitative estimate of drug-likeness (QED) is 0.723. The summed E-state index contributed by atoms with van der Waals surface area (Å²) in [4.78, 5) is 20.5. The van der Waals surface area contributed by atoms with Crippen molar-refractivity contribution in [1.82, 2.24) is 14.8 Å². The van der Waals surface area contributed by atoms with Crippen molar-refractivity contribution in [3.63, 3.8) is 0 Å². The molecule has 3 heterocycles. The van der Waals surface area contributed by atoms with Gasteiger partial charge < -0.3 is 20.4 Å². The van der Waals surface area contributed by atoms with E-state index < -0.39 is 0 Å². The molecule has 0 radical (unpaired) electrons. The van der Waals surface area contributed by atoms with E-state index in [9.17, 15) is 4.79 Å². The van der Waals surface area contributed by atoms with E-state index in [1.807, 2.05) is 13.2 Å². The molecule has 6 heteroatoms. The number of para-hydroxylation sites is 1. The third-order valence-corrected chi connectivity index (χ3v) is 6.23. The molecule has 1 aromatic carbocycles. The van der Waals surface area contributed by atoms with Crippen LogP contribution in [0.25, 0.3) is 6.08 Å². The number of aromatic nitrogens is 1. The minimum Gasteiger partial charge on any atom is -0.382 e. The molecule has 31 heavy (non-hydrogen) atoms. The van der Waals surface area contributed by atoms with E-state index >= 15 is 0 Å². The van der Waals surface area contributed by atoms with Gasteiger partial charge in [0.05, 0.1) is 6.54 Å². The Morgan fingerprint density at radius 2 is 2.16 bits per heavy atom. The van der Waals surface area contributed by atoms with Crippen molar-refractivity contribution in [3.8, 4) is 0 Å². The highest BCUT2D eigenvalue weighted by Crippen LogP contribution is 2.36. The Morgan fingerprint density at radius 1 is 1.35 bits per heavy atom. The smallest absolute Gasteiger partial charge is 0.241 e. The molecule has 1 aromatic heterocycles. The minimum absolute atomic E-state index is 0.0742. The summed E-state index contributed by atoms with van der Waals surface area (Å²) in [6.45, 7) is 6.12. The number of nitrogens with one attached hydrogen (secondary N) is 2. The maximum Gasteiger partial charge on any atom is 0.241 e. The number of allylic oxidation sites excluding steroid dienone is 2. The van der Waals surface area contributed by atoms with Crippen LogP contribution in [0, 0.1) is 0 Å². The monoisotopic (exact) mass is 417 g/mol. The molecule has 0 bridgehead atoms. The highest BCUT2D eigenvalue weighted by atomic mass is 16.2. The highest BCUT2D eigenvalue weighted by molar-refractivity contribution is 5.82. The Kier molecular flexibility index (Phi) is 5.98. The van der Waals surface area contributed by atoms with Gasteiger partial charge in [-0.2, -0.15) is 0 Å². The molecule has 2 N–H and O–H groups in total. The van der Waals surface area contributed by atoms with Gasteiger partial charge in [-0.1, -0.05) is 30.4 Å². The zero-order chi connectivity index (χ0) is 22.0. The number of anilines is 2. The van der Waals surface area contributed by atoms with Gasteiger partial charge in [-0.15, -0.1) is 0 Å². The molecule has 0 saturated carbocycles. The van der Waals surface area contributed by atoms with Crippen LogP contribution in [0.4, 0.5) is 11.5 Å². The van der Waals surface area contributed by atoms with Crippen molar-refractivity contribution in [2.45, 2.75) is 32.4 Å². The fourth-order valence-electron chi connectivity index (χ4n) is 4.39. The van der Waals surface area contributed by atoms with Crippen LogP contribution < -0.4 is 10.6 Å². The summed E-state index contributed by atoms with van der Waals surface area (Å²) in [6, 6.07) is 11.1. The molecule has 0 fully saturated rings. The SMILES string of the molecule is C/C=C(\C=C\c1cnc2c(c1)CN(C)C(=O)CN2)N(C)CC1c2ccccc2NC1C. The zero-order valence-corrected chi connectivity index (χ0v) is 18.7. The van der Waals surface area contributed by atoms with Gasteiger partial charge in [0.25, 0.3) is 0 Å². The number of likely N-dealkylation sites (N-methyl/N-ethyl adjacent to an activating group) is 2. The summed E-state index contributed by atoms with van der Waals surface area (Å²) < 4.78 is 0. The molecule has 4 rings (SSSR count). The largest absolute Gasteiger partial charge is 0.382 e. The number of rotatable bonds is 5. The Hall–Kier alpha value is -3.28. The van der Waals surface area contributed by atoms with E-state index in [4.69, 9.17) is 0 Å². The average molecular weight is 418 g/mol. The van der Waals surface area contributed by atoms with Gasteiger partial charge in [-0.3, -0.25) is 4.79 Å². The average Bonchev–Trinajstić information content (AvgIpc) is 3.00. The lowest BCUT2D eigenvalue weighted by molar-refractivity contribution is -0.128. The second-order valence-corrected chi connectivity index (χ2v) is 8.43. The van der Waals surface area contributed by atoms with Gasteiger partial charge in [0.2, 0.25) is 5.91 Å². The van der Waals surface area contributed by atoms with Gasteiger partial charge in [0, 0.05) is 62.3 Å². The number of hydrogen-bond acceptors (Lipinski definition) is 5. The number of nitrogens with zero attached hydrogens (tertiary/aromatic N) is 3. The van der Waals surface area contributed by atoms with E-state index in [0.717, 1.165) is 29.2 Å². The van der Waals surface area contributed by atoms with E-state index in [1.165, 1.54) is 11.3 Å². The lowest BCUT2D eigenvalue weighted by Gasteiger charge is -2.26. The second kappa shape index (κ2) is 8.84. The number of benzene rings is 1. The van der Waals surface area contributed by atoms with Crippen molar-refractivity contribution in [2.75, 3.05) is 37.8 Å². The molecule has 1 amide bonds. The summed E-state index contributed by atoms with van der Waals surface area (Å²) in [7, 11) is 3.97. The molecule has 2 aromatic rings. The molecule has 2 aliphatic rings. The van der Waals surface area contributed by atoms with Crippen LogP contribution in [0.5, 0.6) is 0 Å². The van der Waals surface area contributed by atoms with Crippen molar-refractivity contribution >= 4 is 23.5 Å². The predicted octanol–water partition coefficient (Wildman–Crippen LogP) is 3.91. The fraction of sp³-hybridized carbons (Fsp3) is 0.360. The van der Waals surface area contributed by atoms with Crippen LogP contribution in [0.1, 0.15) is 36.5 Å². The van der Waals surface area contributed by atoms with Crippen molar-refractivity contribution in [2.24, 2.45) is 0 Å². The Morgan fingerprint density at radius 3 is 2.97 bits per heavy atom. The van der Waals surface area contributed by atoms with E-state index in [2.05, 4.69) is 90.0 Å². The molecule has 2 unspecified atom stereocenters. The third-order valence-electron chi connectivity index (χ3n) is 6.23. The predicted molar refractivity (Wildman–Crippen MR) is 127 cm³/mol. The maximum absolute atomic E-state index is 11.9. The van der Waals surface area contributed by atoms with Crippen LogP contribution >= 0.6 is 0 Å². The first-order valence-electron chi connectivity index (χ1n) is 10.8. The van der Waals surface area contributed by atoms with E-state index in [1.54, 1.807) is 4.90 Å². The van der Waals surface area contributed by atoms with Gasteiger partial charge in [-0.05, 0) is 43.2 Å². The van der Waals surface area contributed by atoms with Gasteiger partial charge >= 0.3 is 0 Å². The fourth-order valence-corrected chi connectivity index (χ4v) is 4.39. The van der Waals surface area contributed by atoms with E-state index in [-0.39, 0.29) is 12.5 Å². The summed E-state index contributed by atoms with van der Waals surface area (Å²) >= 11 is 0. The van der Waals surface area contributed by atoms with Crippen LogP contribution in [0.15, 0.2) is 54.4 Å². The number of carbonyl (C=O) groups excluding carboxylic acids is 1. The van der Waals surface area contributed by atoms with Crippen molar-refractivity contribution < 1.29 is 4.79 Å².